The van der Waals surface area contributed by atoms with Gasteiger partial charge >= 0.3 is 0 Å². The van der Waals surface area contributed by atoms with Gasteiger partial charge in [-0.05, 0) is 62.6 Å². The highest BCUT2D eigenvalue weighted by Gasteiger charge is 2.49. The van der Waals surface area contributed by atoms with Gasteiger partial charge in [0.1, 0.15) is 11.2 Å². The summed E-state index contributed by atoms with van der Waals surface area (Å²) in [5, 5.41) is 4.33. The molecule has 6 rings (SSSR count). The molecule has 2 amide bonds. The Kier molecular flexibility index (Phi) is 5.86. The Balaban J connectivity index is 1.51. The average Bonchev–Trinajstić information content (AvgIpc) is 3.54. The van der Waals surface area contributed by atoms with E-state index in [0.717, 1.165) is 53.4 Å². The second kappa shape index (κ2) is 9.21. The van der Waals surface area contributed by atoms with E-state index in [4.69, 9.17) is 0 Å². The van der Waals surface area contributed by atoms with Crippen molar-refractivity contribution in [3.8, 4) is 5.69 Å². The summed E-state index contributed by atoms with van der Waals surface area (Å²) in [5.74, 6) is -0.229. The van der Waals surface area contributed by atoms with Crippen LogP contribution < -0.4 is 5.32 Å². The second-order valence-corrected chi connectivity index (χ2v) is 10.7. The van der Waals surface area contributed by atoms with Crippen molar-refractivity contribution in [2.24, 2.45) is 0 Å². The molecular formula is C30H33N5O2. The predicted octanol–water partition coefficient (Wildman–Crippen LogP) is 5.00. The van der Waals surface area contributed by atoms with Gasteiger partial charge in [-0.1, -0.05) is 37.0 Å². The first kappa shape index (κ1) is 23.5. The summed E-state index contributed by atoms with van der Waals surface area (Å²) in [6.45, 7) is 4.67. The monoisotopic (exact) mass is 495 g/mol. The Morgan fingerprint density at radius 1 is 1.11 bits per heavy atom. The highest BCUT2D eigenvalue weighted by atomic mass is 16.2. The van der Waals surface area contributed by atoms with Crippen LogP contribution in [0.15, 0.2) is 67.3 Å². The van der Waals surface area contributed by atoms with E-state index in [2.05, 4.69) is 40.0 Å². The van der Waals surface area contributed by atoms with Gasteiger partial charge < -0.3 is 19.4 Å². The van der Waals surface area contributed by atoms with E-state index in [-0.39, 0.29) is 17.9 Å². The van der Waals surface area contributed by atoms with Crippen molar-refractivity contribution in [3.63, 3.8) is 0 Å². The van der Waals surface area contributed by atoms with Crippen molar-refractivity contribution in [1.82, 2.24) is 24.3 Å². The zero-order valence-electron chi connectivity index (χ0n) is 21.5. The van der Waals surface area contributed by atoms with Crippen LogP contribution in [-0.2, 0) is 17.9 Å². The lowest BCUT2D eigenvalue weighted by atomic mass is 9.91. The van der Waals surface area contributed by atoms with Gasteiger partial charge in [0, 0.05) is 42.8 Å². The predicted molar refractivity (Wildman–Crippen MR) is 144 cm³/mol. The summed E-state index contributed by atoms with van der Waals surface area (Å²) in [6, 6.07) is 14.2. The number of hydrogen-bond donors (Lipinski definition) is 1. The number of carbonyl (C=O) groups is 2. The maximum Gasteiger partial charge on any atom is 0.273 e. The third kappa shape index (κ3) is 4.02. The van der Waals surface area contributed by atoms with Gasteiger partial charge in [-0.3, -0.25) is 14.6 Å². The molecule has 1 aliphatic heterocycles. The fraction of sp³-hybridized carbons (Fsp3) is 0.367. The molecule has 0 spiro atoms. The number of aryl methyl sites for hydroxylation is 1. The highest BCUT2D eigenvalue weighted by Crippen LogP contribution is 2.39. The van der Waals surface area contributed by atoms with E-state index in [0.29, 0.717) is 18.8 Å². The number of nitrogens with one attached hydrogen (secondary N) is 1. The molecule has 1 atom stereocenters. The summed E-state index contributed by atoms with van der Waals surface area (Å²) in [7, 11) is 0. The molecule has 0 bridgehead atoms. The number of benzene rings is 1. The van der Waals surface area contributed by atoms with Crippen molar-refractivity contribution in [3.05, 3.63) is 84.1 Å². The Morgan fingerprint density at radius 3 is 2.62 bits per heavy atom. The normalized spacial score (nSPS) is 20.3. The third-order valence-corrected chi connectivity index (χ3v) is 8.06. The van der Waals surface area contributed by atoms with Crippen LogP contribution in [0.4, 0.5) is 0 Å². The van der Waals surface area contributed by atoms with Crippen LogP contribution in [0.3, 0.4) is 0 Å². The van der Waals surface area contributed by atoms with Gasteiger partial charge in [0.05, 0.1) is 17.7 Å². The van der Waals surface area contributed by atoms with Crippen LogP contribution in [0.1, 0.15) is 60.6 Å². The van der Waals surface area contributed by atoms with Crippen LogP contribution >= 0.6 is 0 Å². The van der Waals surface area contributed by atoms with E-state index < -0.39 is 5.54 Å². The molecule has 2 aliphatic rings. The van der Waals surface area contributed by atoms with Crippen molar-refractivity contribution < 1.29 is 9.59 Å². The first-order valence-electron chi connectivity index (χ1n) is 13.2. The Labute approximate surface area is 217 Å². The van der Waals surface area contributed by atoms with Gasteiger partial charge in [0.2, 0.25) is 5.91 Å². The number of hydrogen-bond acceptors (Lipinski definition) is 3. The zero-order valence-corrected chi connectivity index (χ0v) is 21.5. The molecule has 0 saturated heterocycles. The lowest BCUT2D eigenvalue weighted by Crippen LogP contribution is -2.64. The molecule has 0 radical (unpaired) electrons. The molecule has 7 nitrogen and oxygen atoms in total. The maximum absolute atomic E-state index is 14.5. The van der Waals surface area contributed by atoms with E-state index in [1.165, 1.54) is 6.42 Å². The van der Waals surface area contributed by atoms with E-state index >= 15 is 0 Å². The standard InChI is InChI=1S/C30H33N5O2/c1-21-12-13-25-24(17-21)26(33-15-6-7-16-33)27-28(36)35(19-22-9-8-14-31-18-22)30(2,20-34(25)27)29(37)32-23-10-4-3-5-11-23/h6-9,12-18,23H,3-5,10-11,19-20H2,1-2H3,(H,32,37)/t30-/m0/s1. The molecule has 3 aromatic heterocycles. The number of carbonyl (C=O) groups excluding carboxylic acids is 2. The molecule has 190 valence electrons. The SMILES string of the molecule is Cc1ccc2c(c1)c(-n1cccc1)c1n2C[C@@](C)(C(=O)NC2CCCCC2)N(Cc2cccnc2)C1=O. The summed E-state index contributed by atoms with van der Waals surface area (Å²) >= 11 is 0. The first-order valence-corrected chi connectivity index (χ1v) is 13.2. The second-order valence-electron chi connectivity index (χ2n) is 10.7. The van der Waals surface area contributed by atoms with Gasteiger partial charge in [0.25, 0.3) is 5.91 Å². The molecule has 7 heteroatoms. The van der Waals surface area contributed by atoms with Gasteiger partial charge in [-0.25, -0.2) is 0 Å². The van der Waals surface area contributed by atoms with Crippen LogP contribution in [0, 0.1) is 6.92 Å². The van der Waals surface area contributed by atoms with E-state index in [1.54, 1.807) is 17.3 Å². The number of amides is 2. The van der Waals surface area contributed by atoms with Crippen LogP contribution in [-0.4, -0.2) is 42.4 Å². The van der Waals surface area contributed by atoms with Crippen molar-refractivity contribution in [1.29, 1.82) is 0 Å². The molecule has 0 unspecified atom stereocenters. The van der Waals surface area contributed by atoms with Crippen molar-refractivity contribution >= 4 is 22.7 Å². The molecule has 4 heterocycles. The fourth-order valence-electron chi connectivity index (χ4n) is 6.02. The minimum atomic E-state index is -1.05. The number of aromatic nitrogens is 3. The number of nitrogens with zero attached hydrogens (tertiary/aromatic N) is 4. The Bertz CT molecular complexity index is 1450. The molecule has 1 saturated carbocycles. The Morgan fingerprint density at radius 2 is 1.89 bits per heavy atom. The molecule has 4 aromatic rings. The minimum Gasteiger partial charge on any atom is -0.351 e. The maximum atomic E-state index is 14.5. The van der Waals surface area contributed by atoms with Gasteiger partial charge in [-0.2, -0.15) is 0 Å². The molecule has 1 aromatic carbocycles. The topological polar surface area (TPSA) is 72.2 Å². The summed E-state index contributed by atoms with van der Waals surface area (Å²) < 4.78 is 4.07. The Hall–Kier alpha value is -3.87. The summed E-state index contributed by atoms with van der Waals surface area (Å²) in [4.78, 5) is 34.5. The van der Waals surface area contributed by atoms with Crippen molar-refractivity contribution in [2.45, 2.75) is 70.6 Å². The molecule has 1 N–H and O–H groups in total. The number of pyridine rings is 1. The third-order valence-electron chi connectivity index (χ3n) is 8.06. The zero-order chi connectivity index (χ0) is 25.6. The average molecular weight is 496 g/mol. The highest BCUT2D eigenvalue weighted by molar-refractivity contribution is 6.09. The summed E-state index contributed by atoms with van der Waals surface area (Å²) in [6.07, 6.45) is 12.9. The first-order chi connectivity index (χ1) is 18.0. The van der Waals surface area contributed by atoms with Crippen LogP contribution in [0.25, 0.3) is 16.6 Å². The molecule has 1 aliphatic carbocycles. The molecule has 37 heavy (non-hydrogen) atoms. The van der Waals surface area contributed by atoms with E-state index in [1.807, 2.05) is 48.1 Å². The quantitative estimate of drug-likeness (QED) is 0.424. The number of rotatable bonds is 5. The minimum absolute atomic E-state index is 0.0845. The van der Waals surface area contributed by atoms with Gasteiger partial charge in [0.15, 0.2) is 0 Å². The lowest BCUT2D eigenvalue weighted by molar-refractivity contribution is -0.134. The molecular weight excluding hydrogens is 462 g/mol. The number of fused-ring (bicyclic) bond motifs is 3. The van der Waals surface area contributed by atoms with Crippen LogP contribution in [0.5, 0.6) is 0 Å². The lowest BCUT2D eigenvalue weighted by Gasteiger charge is -2.45. The van der Waals surface area contributed by atoms with Crippen molar-refractivity contribution in [2.75, 3.05) is 0 Å². The van der Waals surface area contributed by atoms with Gasteiger partial charge in [-0.15, -0.1) is 0 Å². The van der Waals surface area contributed by atoms with E-state index in [9.17, 15) is 9.59 Å². The smallest absolute Gasteiger partial charge is 0.273 e. The fourth-order valence-corrected chi connectivity index (χ4v) is 6.02. The largest absolute Gasteiger partial charge is 0.351 e. The molecule has 1 fully saturated rings. The van der Waals surface area contributed by atoms with Crippen LogP contribution in [0.2, 0.25) is 0 Å². The summed E-state index contributed by atoms with van der Waals surface area (Å²) in [5.41, 5.74) is 3.41.